The van der Waals surface area contributed by atoms with Gasteiger partial charge < -0.3 is 0 Å². The van der Waals surface area contributed by atoms with Gasteiger partial charge in [0, 0.05) is 18.6 Å². The molecule has 2 heteroatoms. The third kappa shape index (κ3) is 2.44. The van der Waals surface area contributed by atoms with Gasteiger partial charge in [0.05, 0.1) is 0 Å². The zero-order valence-corrected chi connectivity index (χ0v) is 9.52. The molecule has 1 aromatic rings. The third-order valence-corrected chi connectivity index (χ3v) is 2.72. The molecule has 0 fully saturated rings. The molecule has 1 rings (SSSR count). The van der Waals surface area contributed by atoms with E-state index < -0.39 is 0 Å². The van der Waals surface area contributed by atoms with Gasteiger partial charge >= 0.3 is 0 Å². The van der Waals surface area contributed by atoms with Crippen molar-refractivity contribution in [2.24, 2.45) is 13.0 Å². The fourth-order valence-electron chi connectivity index (χ4n) is 1.43. The van der Waals surface area contributed by atoms with E-state index in [2.05, 4.69) is 26.8 Å². The van der Waals surface area contributed by atoms with Crippen molar-refractivity contribution >= 4 is 11.6 Å². The summed E-state index contributed by atoms with van der Waals surface area (Å²) in [5.74, 6) is 0.694. The van der Waals surface area contributed by atoms with E-state index in [1.54, 1.807) is 0 Å². The van der Waals surface area contributed by atoms with Crippen LogP contribution in [0, 0.1) is 12.8 Å². The van der Waals surface area contributed by atoms with E-state index in [4.69, 9.17) is 11.6 Å². The number of pyridine rings is 1. The van der Waals surface area contributed by atoms with E-state index in [9.17, 15) is 0 Å². The van der Waals surface area contributed by atoms with Gasteiger partial charge in [0.2, 0.25) is 0 Å². The molecule has 0 saturated carbocycles. The molecule has 0 aliphatic heterocycles. The van der Waals surface area contributed by atoms with Gasteiger partial charge in [0.1, 0.15) is 7.05 Å². The summed E-state index contributed by atoms with van der Waals surface area (Å²) in [7, 11) is 2.00. The molecule has 72 valence electrons. The highest BCUT2D eigenvalue weighted by molar-refractivity contribution is 6.28. The van der Waals surface area contributed by atoms with Crippen LogP contribution in [0.1, 0.15) is 25.1 Å². The average molecular weight is 199 g/mol. The number of rotatable bonds is 2. The van der Waals surface area contributed by atoms with Gasteiger partial charge in [0.15, 0.2) is 5.69 Å². The fourth-order valence-corrected chi connectivity index (χ4v) is 1.62. The zero-order chi connectivity index (χ0) is 10.0. The Balaban J connectivity index is 3.04. The second-order valence-electron chi connectivity index (χ2n) is 3.92. The van der Waals surface area contributed by atoms with Gasteiger partial charge in [-0.25, -0.2) is 0 Å². The van der Waals surface area contributed by atoms with Crippen LogP contribution in [-0.2, 0) is 13.5 Å². The van der Waals surface area contributed by atoms with Crippen molar-refractivity contribution < 1.29 is 4.57 Å². The molecule has 0 radical (unpaired) electrons. The lowest BCUT2D eigenvalue weighted by atomic mass is 10.0. The summed E-state index contributed by atoms with van der Waals surface area (Å²) in [6.45, 7) is 6.58. The normalized spacial score (nSPS) is 10.9. The van der Waals surface area contributed by atoms with Crippen molar-refractivity contribution in [2.75, 3.05) is 0 Å². The van der Waals surface area contributed by atoms with E-state index in [-0.39, 0.29) is 0 Å². The maximum Gasteiger partial charge on any atom is 0.274 e. The smallest absolute Gasteiger partial charge is 0.189 e. The highest BCUT2D eigenvalue weighted by atomic mass is 35.5. The Hall–Kier alpha value is -0.560. The molecule has 13 heavy (non-hydrogen) atoms. The quantitative estimate of drug-likeness (QED) is 0.508. The van der Waals surface area contributed by atoms with Crippen LogP contribution in [0.25, 0.3) is 0 Å². The summed E-state index contributed by atoms with van der Waals surface area (Å²) in [5.41, 5.74) is 2.66. The first-order valence-corrected chi connectivity index (χ1v) is 5.04. The van der Waals surface area contributed by atoms with E-state index in [0.717, 1.165) is 11.6 Å². The van der Waals surface area contributed by atoms with Crippen LogP contribution in [0.4, 0.5) is 0 Å². The monoisotopic (exact) mass is 198 g/mol. The molecule has 1 nitrogen and oxygen atoms in total. The highest BCUT2D eigenvalue weighted by Gasteiger charge is 2.12. The fraction of sp³-hybridized carbons (Fsp3) is 0.545. The zero-order valence-electron chi connectivity index (χ0n) is 8.76. The van der Waals surface area contributed by atoms with Crippen LogP contribution < -0.4 is 4.57 Å². The Morgan fingerprint density at radius 1 is 1.38 bits per heavy atom. The Labute approximate surface area is 85.4 Å². The first kappa shape index (κ1) is 10.5. The van der Waals surface area contributed by atoms with Crippen LogP contribution >= 0.6 is 11.6 Å². The van der Waals surface area contributed by atoms with Gasteiger partial charge in [-0.05, 0) is 30.0 Å². The molecule has 0 saturated heterocycles. The van der Waals surface area contributed by atoms with Crippen LogP contribution in [0.5, 0.6) is 0 Å². The van der Waals surface area contributed by atoms with Crippen LogP contribution in [-0.4, -0.2) is 0 Å². The van der Waals surface area contributed by atoms with Crippen LogP contribution in [0.15, 0.2) is 12.1 Å². The van der Waals surface area contributed by atoms with Gasteiger partial charge in [-0.3, -0.25) is 0 Å². The SMILES string of the molecule is Cc1c(CC(C)C)ccc(Cl)[n+]1C. The summed E-state index contributed by atoms with van der Waals surface area (Å²) in [6, 6.07) is 4.09. The molecule has 0 N–H and O–H groups in total. The minimum absolute atomic E-state index is 0.694. The van der Waals surface area contributed by atoms with E-state index in [0.29, 0.717) is 5.92 Å². The molecule has 0 spiro atoms. The van der Waals surface area contributed by atoms with E-state index >= 15 is 0 Å². The van der Waals surface area contributed by atoms with Gasteiger partial charge in [-0.1, -0.05) is 13.8 Å². The van der Waals surface area contributed by atoms with E-state index in [1.807, 2.05) is 17.7 Å². The predicted octanol–water partition coefficient (Wildman–Crippen LogP) is 2.67. The lowest BCUT2D eigenvalue weighted by molar-refractivity contribution is -0.675. The van der Waals surface area contributed by atoms with Crippen molar-refractivity contribution in [1.82, 2.24) is 0 Å². The molecule has 0 aliphatic carbocycles. The number of aromatic nitrogens is 1. The minimum atomic E-state index is 0.694. The van der Waals surface area contributed by atoms with Gasteiger partial charge in [-0.2, -0.15) is 4.57 Å². The van der Waals surface area contributed by atoms with Crippen molar-refractivity contribution in [3.63, 3.8) is 0 Å². The Kier molecular flexibility index (Phi) is 3.32. The van der Waals surface area contributed by atoms with Crippen molar-refractivity contribution in [1.29, 1.82) is 0 Å². The molecule has 0 atom stereocenters. The van der Waals surface area contributed by atoms with E-state index in [1.165, 1.54) is 11.3 Å². The van der Waals surface area contributed by atoms with Gasteiger partial charge in [-0.15, -0.1) is 0 Å². The predicted molar refractivity (Wildman–Crippen MR) is 55.9 cm³/mol. The molecule has 0 bridgehead atoms. The lowest BCUT2D eigenvalue weighted by Crippen LogP contribution is -2.34. The molecule has 0 unspecified atom stereocenters. The second-order valence-corrected chi connectivity index (χ2v) is 4.31. The second kappa shape index (κ2) is 4.10. The third-order valence-electron chi connectivity index (χ3n) is 2.34. The average Bonchev–Trinajstić information content (AvgIpc) is 2.06. The lowest BCUT2D eigenvalue weighted by Gasteiger charge is -2.06. The minimum Gasteiger partial charge on any atom is -0.189 e. The first-order valence-electron chi connectivity index (χ1n) is 4.66. The van der Waals surface area contributed by atoms with Crippen molar-refractivity contribution in [3.05, 3.63) is 28.5 Å². The molecule has 0 amide bonds. The standard InChI is InChI=1S/C11H17ClN/c1-8(2)7-10-5-6-11(12)13(4)9(10)3/h5-6,8H,7H2,1-4H3/q+1. The van der Waals surface area contributed by atoms with Crippen LogP contribution in [0.3, 0.4) is 0 Å². The topological polar surface area (TPSA) is 3.88 Å². The molecular formula is C11H17ClN+. The number of hydrogen-bond acceptors (Lipinski definition) is 0. The molecule has 1 aromatic heterocycles. The summed E-state index contributed by atoms with van der Waals surface area (Å²) in [6.07, 6.45) is 1.12. The number of hydrogen-bond donors (Lipinski definition) is 0. The number of halogens is 1. The number of nitrogens with zero attached hydrogens (tertiary/aromatic N) is 1. The maximum atomic E-state index is 5.99. The Bertz CT molecular complexity index is 305. The molecule has 0 aromatic carbocycles. The van der Waals surface area contributed by atoms with Crippen molar-refractivity contribution in [3.8, 4) is 0 Å². The Morgan fingerprint density at radius 3 is 2.54 bits per heavy atom. The maximum absolute atomic E-state index is 5.99. The summed E-state index contributed by atoms with van der Waals surface area (Å²) in [5, 5.41) is 0.796. The first-order chi connectivity index (χ1) is 6.02. The largest absolute Gasteiger partial charge is 0.274 e. The summed E-state index contributed by atoms with van der Waals surface area (Å²) >= 11 is 5.99. The van der Waals surface area contributed by atoms with Crippen LogP contribution in [0.2, 0.25) is 5.15 Å². The highest BCUT2D eigenvalue weighted by Crippen LogP contribution is 2.12. The van der Waals surface area contributed by atoms with Crippen molar-refractivity contribution in [2.45, 2.75) is 27.2 Å². The Morgan fingerprint density at radius 2 is 2.00 bits per heavy atom. The summed E-state index contributed by atoms with van der Waals surface area (Å²) in [4.78, 5) is 0. The molecule has 1 heterocycles. The summed E-state index contributed by atoms with van der Waals surface area (Å²) < 4.78 is 2.03. The molecule has 0 aliphatic rings. The molecular weight excluding hydrogens is 182 g/mol. The van der Waals surface area contributed by atoms with Gasteiger partial charge in [0.25, 0.3) is 5.15 Å².